The van der Waals surface area contributed by atoms with Gasteiger partial charge in [0.1, 0.15) is 16.4 Å². The van der Waals surface area contributed by atoms with Crippen LogP contribution in [0.25, 0.3) is 0 Å². The van der Waals surface area contributed by atoms with Gasteiger partial charge in [-0.15, -0.1) is 0 Å². The van der Waals surface area contributed by atoms with Crippen LogP contribution < -0.4 is 10.0 Å². The molecule has 1 aromatic heterocycles. The smallest absolute Gasteiger partial charge is 0.265 e. The Morgan fingerprint density at radius 3 is 2.62 bits per heavy atom. The van der Waals surface area contributed by atoms with E-state index in [1.54, 1.807) is 25.1 Å². The van der Waals surface area contributed by atoms with Gasteiger partial charge in [0.15, 0.2) is 0 Å². The average Bonchev–Trinajstić information content (AvgIpc) is 2.78. The number of hydrogen-bond acceptors (Lipinski definition) is 4. The van der Waals surface area contributed by atoms with Crippen molar-refractivity contribution in [2.75, 3.05) is 11.3 Å². The van der Waals surface area contributed by atoms with Crippen LogP contribution in [0.2, 0.25) is 0 Å². The third kappa shape index (κ3) is 3.86. The van der Waals surface area contributed by atoms with Crippen LogP contribution in [0.1, 0.15) is 24.0 Å². The molecule has 0 aliphatic rings. The molecular formula is C15H20N2O3S. The molecule has 0 aliphatic heterocycles. The van der Waals surface area contributed by atoms with Crippen LogP contribution in [-0.2, 0) is 16.6 Å². The van der Waals surface area contributed by atoms with E-state index in [0.29, 0.717) is 23.8 Å². The number of aryl methyl sites for hydroxylation is 2. The molecular weight excluding hydrogens is 288 g/mol. The van der Waals surface area contributed by atoms with Crippen molar-refractivity contribution >= 4 is 15.7 Å². The molecule has 1 heterocycles. The average molecular weight is 308 g/mol. The van der Waals surface area contributed by atoms with Gasteiger partial charge in [0, 0.05) is 11.8 Å². The monoisotopic (exact) mass is 308 g/mol. The lowest BCUT2D eigenvalue weighted by atomic mass is 10.2. The van der Waals surface area contributed by atoms with Gasteiger partial charge in [0.05, 0.1) is 6.54 Å². The first kappa shape index (κ1) is 15.6. The molecule has 0 amide bonds. The van der Waals surface area contributed by atoms with Gasteiger partial charge in [-0.1, -0.05) is 19.1 Å². The Morgan fingerprint density at radius 2 is 1.95 bits per heavy atom. The van der Waals surface area contributed by atoms with Gasteiger partial charge in [0.2, 0.25) is 0 Å². The maximum atomic E-state index is 12.4. The van der Waals surface area contributed by atoms with E-state index >= 15 is 0 Å². The largest absolute Gasteiger partial charge is 0.464 e. The van der Waals surface area contributed by atoms with Crippen LogP contribution >= 0.6 is 0 Å². The van der Waals surface area contributed by atoms with Crippen molar-refractivity contribution in [2.24, 2.45) is 0 Å². The summed E-state index contributed by atoms with van der Waals surface area (Å²) in [4.78, 5) is 0.178. The van der Waals surface area contributed by atoms with Crippen LogP contribution in [0, 0.1) is 13.8 Å². The van der Waals surface area contributed by atoms with Crippen molar-refractivity contribution in [3.63, 3.8) is 0 Å². The first-order chi connectivity index (χ1) is 9.92. The lowest BCUT2D eigenvalue weighted by Gasteiger charge is -2.07. The minimum atomic E-state index is -3.64. The van der Waals surface area contributed by atoms with Crippen molar-refractivity contribution in [1.82, 2.24) is 5.32 Å². The van der Waals surface area contributed by atoms with Crippen molar-refractivity contribution < 1.29 is 12.8 Å². The zero-order valence-electron chi connectivity index (χ0n) is 12.4. The number of rotatable bonds is 6. The van der Waals surface area contributed by atoms with Gasteiger partial charge in [-0.2, -0.15) is 0 Å². The highest BCUT2D eigenvalue weighted by Gasteiger charge is 2.21. The van der Waals surface area contributed by atoms with Crippen LogP contribution in [0.5, 0.6) is 0 Å². The lowest BCUT2D eigenvalue weighted by molar-refractivity contribution is 0.460. The fourth-order valence-electron chi connectivity index (χ4n) is 2.05. The Kier molecular flexibility index (Phi) is 4.69. The zero-order valence-corrected chi connectivity index (χ0v) is 13.3. The molecule has 0 saturated carbocycles. The quantitative estimate of drug-likeness (QED) is 0.861. The first-order valence-electron chi connectivity index (χ1n) is 6.82. The van der Waals surface area contributed by atoms with Crippen molar-refractivity contribution in [1.29, 1.82) is 0 Å². The van der Waals surface area contributed by atoms with Crippen LogP contribution in [0.15, 0.2) is 39.6 Å². The van der Waals surface area contributed by atoms with Crippen molar-refractivity contribution in [3.8, 4) is 0 Å². The molecule has 6 heteroatoms. The summed E-state index contributed by atoms with van der Waals surface area (Å²) in [5.74, 6) is 1.00. The van der Waals surface area contributed by atoms with Crippen LogP contribution in [-0.4, -0.2) is 15.0 Å². The number of hydrogen-bond donors (Lipinski definition) is 2. The number of sulfonamides is 1. The highest BCUT2D eigenvalue weighted by atomic mass is 32.2. The fourth-order valence-corrected chi connectivity index (χ4v) is 3.30. The highest BCUT2D eigenvalue weighted by molar-refractivity contribution is 7.92. The van der Waals surface area contributed by atoms with Gasteiger partial charge in [-0.25, -0.2) is 8.42 Å². The molecule has 0 spiro atoms. The molecule has 114 valence electrons. The van der Waals surface area contributed by atoms with E-state index in [0.717, 1.165) is 12.1 Å². The molecule has 0 aliphatic carbocycles. The Bertz CT molecular complexity index is 720. The number of nitrogens with one attached hydrogen (secondary N) is 2. The molecule has 2 aromatic rings. The Morgan fingerprint density at radius 1 is 1.19 bits per heavy atom. The standard InChI is InChI=1S/C15H20N2O3S/c1-4-16-10-14-9-15(12(3)20-14)21(18,19)17-13-7-5-6-11(2)8-13/h5-9,16-17H,4,10H2,1-3H3. The fraction of sp³-hybridized carbons (Fsp3) is 0.333. The minimum absolute atomic E-state index is 0.178. The summed E-state index contributed by atoms with van der Waals surface area (Å²) < 4.78 is 32.9. The Balaban J connectivity index is 2.25. The second kappa shape index (κ2) is 6.32. The third-order valence-electron chi connectivity index (χ3n) is 3.03. The molecule has 2 N–H and O–H groups in total. The molecule has 0 radical (unpaired) electrons. The summed E-state index contributed by atoms with van der Waals surface area (Å²) >= 11 is 0. The van der Waals surface area contributed by atoms with Crippen molar-refractivity contribution in [2.45, 2.75) is 32.2 Å². The summed E-state index contributed by atoms with van der Waals surface area (Å²) in [6, 6.07) is 8.80. The predicted octanol–water partition coefficient (Wildman–Crippen LogP) is 2.81. The first-order valence-corrected chi connectivity index (χ1v) is 8.30. The molecule has 0 unspecified atom stereocenters. The topological polar surface area (TPSA) is 71.3 Å². The van der Waals surface area contributed by atoms with Gasteiger partial charge in [0.25, 0.3) is 10.0 Å². The predicted molar refractivity (Wildman–Crippen MR) is 82.8 cm³/mol. The number of benzene rings is 1. The van der Waals surface area contributed by atoms with Crippen molar-refractivity contribution in [3.05, 3.63) is 47.4 Å². The number of furan rings is 1. The van der Waals surface area contributed by atoms with E-state index in [1.165, 1.54) is 0 Å². The van der Waals surface area contributed by atoms with Crippen LogP contribution in [0.4, 0.5) is 5.69 Å². The third-order valence-corrected chi connectivity index (χ3v) is 4.52. The summed E-state index contributed by atoms with van der Waals surface area (Å²) in [6.07, 6.45) is 0. The van der Waals surface area contributed by atoms with E-state index in [2.05, 4.69) is 10.0 Å². The zero-order chi connectivity index (χ0) is 15.5. The summed E-state index contributed by atoms with van der Waals surface area (Å²) in [7, 11) is -3.64. The second-order valence-corrected chi connectivity index (χ2v) is 6.54. The molecule has 1 aromatic carbocycles. The summed E-state index contributed by atoms with van der Waals surface area (Å²) in [5, 5.41) is 3.10. The normalized spacial score (nSPS) is 11.6. The second-order valence-electron chi connectivity index (χ2n) is 4.89. The van der Waals surface area contributed by atoms with E-state index < -0.39 is 10.0 Å². The molecule has 0 bridgehead atoms. The maximum Gasteiger partial charge on any atom is 0.265 e. The number of anilines is 1. The van der Waals surface area contributed by atoms with Gasteiger partial charge in [-0.3, -0.25) is 4.72 Å². The van der Waals surface area contributed by atoms with Gasteiger partial charge < -0.3 is 9.73 Å². The molecule has 5 nitrogen and oxygen atoms in total. The summed E-state index contributed by atoms with van der Waals surface area (Å²) in [5.41, 5.74) is 1.54. The molecule has 0 atom stereocenters. The minimum Gasteiger partial charge on any atom is -0.464 e. The Hall–Kier alpha value is -1.79. The van der Waals surface area contributed by atoms with Gasteiger partial charge >= 0.3 is 0 Å². The van der Waals surface area contributed by atoms with Gasteiger partial charge in [-0.05, 0) is 38.1 Å². The van der Waals surface area contributed by atoms with E-state index in [-0.39, 0.29) is 4.90 Å². The van der Waals surface area contributed by atoms with E-state index in [1.807, 2.05) is 26.0 Å². The molecule has 21 heavy (non-hydrogen) atoms. The summed E-state index contributed by atoms with van der Waals surface area (Å²) in [6.45, 7) is 6.85. The highest BCUT2D eigenvalue weighted by Crippen LogP contribution is 2.23. The molecule has 2 rings (SSSR count). The molecule has 0 fully saturated rings. The lowest BCUT2D eigenvalue weighted by Crippen LogP contribution is -2.13. The van der Waals surface area contributed by atoms with E-state index in [9.17, 15) is 8.42 Å². The van der Waals surface area contributed by atoms with Crippen LogP contribution in [0.3, 0.4) is 0 Å². The SMILES string of the molecule is CCNCc1cc(S(=O)(=O)Nc2cccc(C)c2)c(C)o1. The maximum absolute atomic E-state index is 12.4. The van der Waals surface area contributed by atoms with E-state index in [4.69, 9.17) is 4.42 Å². The Labute approximate surface area is 125 Å². The molecule has 0 saturated heterocycles.